The molecule has 0 aromatic rings. The molecular weight excluding hydrogens is 236 g/mol. The molecule has 1 heterocycles. The molecule has 1 atom stereocenters. The van der Waals surface area contributed by atoms with Gasteiger partial charge in [-0.15, -0.1) is 0 Å². The number of likely N-dealkylation sites (tertiary alicyclic amines) is 1. The lowest BCUT2D eigenvalue weighted by atomic mass is 9.95. The van der Waals surface area contributed by atoms with Gasteiger partial charge in [-0.3, -0.25) is 4.79 Å². The van der Waals surface area contributed by atoms with E-state index in [0.29, 0.717) is 13.1 Å². The molecule has 0 saturated carbocycles. The molecule has 1 rings (SSSR count). The number of piperidine rings is 1. The van der Waals surface area contributed by atoms with E-state index in [0.717, 1.165) is 12.8 Å². The van der Waals surface area contributed by atoms with Crippen LogP contribution in [0.1, 0.15) is 26.2 Å². The third kappa shape index (κ3) is 3.87. The van der Waals surface area contributed by atoms with Crippen LogP contribution in [0.15, 0.2) is 0 Å². The van der Waals surface area contributed by atoms with Gasteiger partial charge in [0, 0.05) is 27.2 Å². The normalized spacial score (nSPS) is 23.8. The molecule has 0 spiro atoms. The van der Waals surface area contributed by atoms with Crippen molar-refractivity contribution in [2.24, 2.45) is 0 Å². The van der Waals surface area contributed by atoms with Crippen LogP contribution in [0.3, 0.4) is 0 Å². The Morgan fingerprint density at radius 2 is 2.17 bits per heavy atom. The second kappa shape index (κ2) is 6.04. The fraction of sp³-hybridized carbons (Fsp3) is 0.833. The lowest BCUT2D eigenvalue weighted by Gasteiger charge is -2.40. The average molecular weight is 258 g/mol. The Bertz CT molecular complexity index is 321. The molecule has 0 aliphatic carbocycles. The van der Waals surface area contributed by atoms with Gasteiger partial charge in [0.05, 0.1) is 18.6 Å². The lowest BCUT2D eigenvalue weighted by Crippen LogP contribution is -2.53. The second-order valence-electron chi connectivity index (χ2n) is 5.03. The Kier molecular flexibility index (Phi) is 4.95. The summed E-state index contributed by atoms with van der Waals surface area (Å²) in [6.45, 7) is 3.48. The van der Waals surface area contributed by atoms with Gasteiger partial charge in [-0.2, -0.15) is 0 Å². The van der Waals surface area contributed by atoms with Crippen molar-refractivity contribution >= 4 is 12.0 Å². The minimum Gasteiger partial charge on any atom is -0.481 e. The molecule has 2 amide bonds. The highest BCUT2D eigenvalue weighted by molar-refractivity contribution is 5.75. The number of nitrogens with zero attached hydrogens (tertiary/aromatic N) is 2. The summed E-state index contributed by atoms with van der Waals surface area (Å²) in [5.74, 6) is -0.893. The number of rotatable bonds is 4. The number of aliphatic carboxylic acids is 1. The van der Waals surface area contributed by atoms with Crippen molar-refractivity contribution in [3.63, 3.8) is 0 Å². The first kappa shape index (κ1) is 14.8. The predicted octanol–water partition coefficient (Wildman–Crippen LogP) is 1.01. The fourth-order valence-corrected chi connectivity index (χ4v) is 2.14. The first-order chi connectivity index (χ1) is 8.38. The Balaban J connectivity index is 2.52. The van der Waals surface area contributed by atoms with Gasteiger partial charge in [0.25, 0.3) is 0 Å². The Hall–Kier alpha value is -1.30. The zero-order valence-corrected chi connectivity index (χ0v) is 11.3. The first-order valence-corrected chi connectivity index (χ1v) is 6.15. The van der Waals surface area contributed by atoms with Gasteiger partial charge in [0.15, 0.2) is 0 Å². The van der Waals surface area contributed by atoms with Crippen LogP contribution < -0.4 is 0 Å². The molecule has 104 valence electrons. The molecule has 0 aromatic heterocycles. The van der Waals surface area contributed by atoms with E-state index in [2.05, 4.69) is 0 Å². The van der Waals surface area contributed by atoms with Crippen LogP contribution in [0.2, 0.25) is 0 Å². The van der Waals surface area contributed by atoms with Crippen LogP contribution in [-0.4, -0.2) is 66.3 Å². The van der Waals surface area contributed by atoms with Crippen molar-refractivity contribution in [1.29, 1.82) is 0 Å². The number of carbonyl (C=O) groups is 2. The maximum atomic E-state index is 12.1. The number of urea groups is 1. The molecule has 1 saturated heterocycles. The number of hydrogen-bond donors (Lipinski definition) is 1. The summed E-state index contributed by atoms with van der Waals surface area (Å²) in [5, 5.41) is 8.60. The number of hydrogen-bond acceptors (Lipinski definition) is 3. The van der Waals surface area contributed by atoms with Crippen LogP contribution in [0.25, 0.3) is 0 Å². The molecule has 1 aliphatic rings. The van der Waals surface area contributed by atoms with Gasteiger partial charge in [-0.25, -0.2) is 4.79 Å². The monoisotopic (exact) mass is 258 g/mol. The summed E-state index contributed by atoms with van der Waals surface area (Å²) in [7, 11) is 3.28. The Morgan fingerprint density at radius 3 is 2.72 bits per heavy atom. The van der Waals surface area contributed by atoms with Crippen molar-refractivity contribution in [1.82, 2.24) is 9.80 Å². The minimum atomic E-state index is -0.893. The van der Waals surface area contributed by atoms with E-state index < -0.39 is 5.97 Å². The molecule has 1 N–H and O–H groups in total. The smallest absolute Gasteiger partial charge is 0.319 e. The summed E-state index contributed by atoms with van der Waals surface area (Å²) in [5.41, 5.74) is -0.290. The highest BCUT2D eigenvalue weighted by Gasteiger charge is 2.33. The Morgan fingerprint density at radius 1 is 1.50 bits per heavy atom. The van der Waals surface area contributed by atoms with E-state index >= 15 is 0 Å². The fourth-order valence-electron chi connectivity index (χ4n) is 2.14. The van der Waals surface area contributed by atoms with Gasteiger partial charge in [-0.05, 0) is 19.8 Å². The van der Waals surface area contributed by atoms with Crippen molar-refractivity contribution in [2.75, 3.05) is 33.8 Å². The highest BCUT2D eigenvalue weighted by atomic mass is 16.5. The van der Waals surface area contributed by atoms with Crippen molar-refractivity contribution in [3.8, 4) is 0 Å². The molecule has 6 nitrogen and oxygen atoms in total. The molecular formula is C12H22N2O4. The SMILES string of the molecule is COC1(C)CCCN(C(=O)N(C)CCC(=O)O)C1. The van der Waals surface area contributed by atoms with E-state index in [1.54, 1.807) is 19.1 Å². The van der Waals surface area contributed by atoms with Gasteiger partial charge >= 0.3 is 12.0 Å². The van der Waals surface area contributed by atoms with Crippen LogP contribution in [0, 0.1) is 0 Å². The summed E-state index contributed by atoms with van der Waals surface area (Å²) in [4.78, 5) is 25.8. The van der Waals surface area contributed by atoms with E-state index in [1.165, 1.54) is 4.90 Å². The molecule has 6 heteroatoms. The zero-order chi connectivity index (χ0) is 13.8. The highest BCUT2D eigenvalue weighted by Crippen LogP contribution is 2.24. The third-order valence-electron chi connectivity index (χ3n) is 3.41. The van der Waals surface area contributed by atoms with Crippen molar-refractivity contribution in [3.05, 3.63) is 0 Å². The van der Waals surface area contributed by atoms with Gasteiger partial charge in [-0.1, -0.05) is 0 Å². The Labute approximate surface area is 107 Å². The molecule has 1 unspecified atom stereocenters. The molecule has 0 aromatic carbocycles. The van der Waals surface area contributed by atoms with Gasteiger partial charge in [0.1, 0.15) is 0 Å². The first-order valence-electron chi connectivity index (χ1n) is 6.15. The number of carbonyl (C=O) groups excluding carboxylic acids is 1. The maximum absolute atomic E-state index is 12.1. The average Bonchev–Trinajstić information content (AvgIpc) is 2.35. The van der Waals surface area contributed by atoms with Gasteiger partial charge < -0.3 is 19.6 Å². The van der Waals surface area contributed by atoms with E-state index in [1.807, 2.05) is 6.92 Å². The molecule has 1 aliphatic heterocycles. The number of methoxy groups -OCH3 is 1. The third-order valence-corrected chi connectivity index (χ3v) is 3.41. The van der Waals surface area contributed by atoms with Crippen molar-refractivity contribution < 1.29 is 19.4 Å². The minimum absolute atomic E-state index is 0.0301. The van der Waals surface area contributed by atoms with Crippen LogP contribution >= 0.6 is 0 Å². The summed E-state index contributed by atoms with van der Waals surface area (Å²) in [6, 6.07) is -0.126. The second-order valence-corrected chi connectivity index (χ2v) is 5.03. The molecule has 0 bridgehead atoms. The number of carboxylic acid groups (broad SMARTS) is 1. The van der Waals surface area contributed by atoms with E-state index in [-0.39, 0.29) is 24.6 Å². The molecule has 0 radical (unpaired) electrons. The molecule has 1 fully saturated rings. The quantitative estimate of drug-likeness (QED) is 0.817. The number of carboxylic acids is 1. The summed E-state index contributed by atoms with van der Waals surface area (Å²) in [6.07, 6.45) is 1.81. The van der Waals surface area contributed by atoms with Crippen molar-refractivity contribution in [2.45, 2.75) is 31.8 Å². The standard InChI is InChI=1S/C12H22N2O4/c1-12(18-3)6-4-7-14(9-12)11(17)13(2)8-5-10(15)16/h4-9H2,1-3H3,(H,15,16). The van der Waals surface area contributed by atoms with E-state index in [9.17, 15) is 9.59 Å². The van der Waals surface area contributed by atoms with E-state index in [4.69, 9.17) is 9.84 Å². The molecule has 18 heavy (non-hydrogen) atoms. The maximum Gasteiger partial charge on any atom is 0.319 e. The topological polar surface area (TPSA) is 70.1 Å². The van der Waals surface area contributed by atoms with Crippen LogP contribution in [-0.2, 0) is 9.53 Å². The predicted molar refractivity (Wildman–Crippen MR) is 66.5 cm³/mol. The zero-order valence-electron chi connectivity index (χ0n) is 11.3. The summed E-state index contributed by atoms with van der Waals surface area (Å²) >= 11 is 0. The van der Waals surface area contributed by atoms with Crippen LogP contribution in [0.4, 0.5) is 4.79 Å². The largest absolute Gasteiger partial charge is 0.481 e. The summed E-state index contributed by atoms with van der Waals surface area (Å²) < 4.78 is 5.43. The van der Waals surface area contributed by atoms with Gasteiger partial charge in [0.2, 0.25) is 0 Å². The van der Waals surface area contributed by atoms with Crippen LogP contribution in [0.5, 0.6) is 0 Å². The number of ether oxygens (including phenoxy) is 1. The number of amides is 2. The lowest BCUT2D eigenvalue weighted by molar-refractivity contribution is -0.137.